The number of aryl methyl sites for hydroxylation is 1. The molecule has 0 amide bonds. The third-order valence-electron chi connectivity index (χ3n) is 5.97. The van der Waals surface area contributed by atoms with Gasteiger partial charge in [-0.15, -0.1) is 0 Å². The van der Waals surface area contributed by atoms with Crippen molar-refractivity contribution in [1.29, 1.82) is 0 Å². The van der Waals surface area contributed by atoms with E-state index in [1.165, 1.54) is 43.5 Å². The van der Waals surface area contributed by atoms with Crippen molar-refractivity contribution in [3.63, 3.8) is 0 Å². The first-order valence-electron chi connectivity index (χ1n) is 10.2. The van der Waals surface area contributed by atoms with Crippen LogP contribution in [0.15, 0.2) is 29.3 Å². The molecule has 4 heteroatoms. The number of aliphatic imine (C=N–C) groups is 1. The maximum absolute atomic E-state index is 4.52. The second-order valence-electron chi connectivity index (χ2n) is 8.97. The summed E-state index contributed by atoms with van der Waals surface area (Å²) in [5.41, 5.74) is 3.19. The van der Waals surface area contributed by atoms with Gasteiger partial charge in [-0.1, -0.05) is 43.7 Å². The van der Waals surface area contributed by atoms with Gasteiger partial charge in [0.15, 0.2) is 5.96 Å². The molecule has 0 atom stereocenters. The molecule has 1 aromatic rings. The average molecular weight is 357 g/mol. The van der Waals surface area contributed by atoms with Crippen molar-refractivity contribution < 1.29 is 0 Å². The van der Waals surface area contributed by atoms with Gasteiger partial charge >= 0.3 is 0 Å². The molecule has 2 fully saturated rings. The molecule has 3 rings (SSSR count). The van der Waals surface area contributed by atoms with E-state index in [1.54, 1.807) is 0 Å². The number of hydrogen-bond acceptors (Lipinski definition) is 2. The third-order valence-corrected chi connectivity index (χ3v) is 5.97. The highest BCUT2D eigenvalue weighted by Gasteiger charge is 2.31. The highest BCUT2D eigenvalue weighted by Crippen LogP contribution is 2.28. The second-order valence-corrected chi connectivity index (χ2v) is 8.97. The molecular weight excluding hydrogens is 320 g/mol. The molecule has 2 aliphatic heterocycles. The van der Waals surface area contributed by atoms with E-state index < -0.39 is 0 Å². The minimum Gasteiger partial charge on any atom is -0.356 e. The van der Waals surface area contributed by atoms with Crippen molar-refractivity contribution in [3.8, 4) is 0 Å². The monoisotopic (exact) mass is 356 g/mol. The summed E-state index contributed by atoms with van der Waals surface area (Å²) in [6.07, 6.45) is 3.81. The zero-order valence-corrected chi connectivity index (χ0v) is 17.1. The quantitative estimate of drug-likeness (QED) is 0.661. The third kappa shape index (κ3) is 5.23. The van der Waals surface area contributed by atoms with Crippen LogP contribution in [-0.4, -0.2) is 55.5 Å². The molecule has 0 unspecified atom stereocenters. The van der Waals surface area contributed by atoms with E-state index in [9.17, 15) is 0 Å². The Kier molecular flexibility index (Phi) is 6.23. The van der Waals surface area contributed by atoms with Crippen LogP contribution in [0.25, 0.3) is 0 Å². The van der Waals surface area contributed by atoms with Crippen LogP contribution < -0.4 is 5.32 Å². The fraction of sp³-hybridized carbons (Fsp3) is 0.682. The predicted octanol–water partition coefficient (Wildman–Crippen LogP) is 3.51. The summed E-state index contributed by atoms with van der Waals surface area (Å²) in [6, 6.07) is 8.98. The number of hydrogen-bond donors (Lipinski definition) is 1. The van der Waals surface area contributed by atoms with Gasteiger partial charge in [-0.25, -0.2) is 0 Å². The van der Waals surface area contributed by atoms with Gasteiger partial charge in [-0.05, 0) is 56.2 Å². The Morgan fingerprint density at radius 3 is 2.42 bits per heavy atom. The first kappa shape index (κ1) is 19.2. The first-order chi connectivity index (χ1) is 12.4. The highest BCUT2D eigenvalue weighted by molar-refractivity contribution is 5.80. The maximum Gasteiger partial charge on any atom is 0.193 e. The Balaban J connectivity index is 1.40. The summed E-state index contributed by atoms with van der Waals surface area (Å²) in [4.78, 5) is 9.54. The molecule has 26 heavy (non-hydrogen) atoms. The molecule has 0 aromatic heterocycles. The Morgan fingerprint density at radius 1 is 1.15 bits per heavy atom. The van der Waals surface area contributed by atoms with Crippen molar-refractivity contribution in [2.45, 2.75) is 46.6 Å². The molecule has 0 aliphatic carbocycles. The Hall–Kier alpha value is -1.55. The summed E-state index contributed by atoms with van der Waals surface area (Å²) in [5, 5.41) is 3.65. The molecule has 0 bridgehead atoms. The fourth-order valence-corrected chi connectivity index (χ4v) is 4.16. The predicted molar refractivity (Wildman–Crippen MR) is 111 cm³/mol. The van der Waals surface area contributed by atoms with Gasteiger partial charge in [0.2, 0.25) is 0 Å². The van der Waals surface area contributed by atoms with Gasteiger partial charge in [0.05, 0.1) is 0 Å². The van der Waals surface area contributed by atoms with Gasteiger partial charge in [0.1, 0.15) is 0 Å². The van der Waals surface area contributed by atoms with Gasteiger partial charge in [0, 0.05) is 33.2 Å². The van der Waals surface area contributed by atoms with Crippen molar-refractivity contribution in [2.24, 2.45) is 16.3 Å². The number of nitrogens with one attached hydrogen (secondary N) is 1. The van der Waals surface area contributed by atoms with Crippen LogP contribution in [0.2, 0.25) is 0 Å². The van der Waals surface area contributed by atoms with Crippen molar-refractivity contribution in [1.82, 2.24) is 15.1 Å². The zero-order valence-electron chi connectivity index (χ0n) is 17.1. The minimum absolute atomic E-state index is 0.416. The van der Waals surface area contributed by atoms with Crippen LogP contribution >= 0.6 is 0 Å². The highest BCUT2D eigenvalue weighted by atomic mass is 15.3. The lowest BCUT2D eigenvalue weighted by molar-refractivity contribution is 0.177. The van der Waals surface area contributed by atoms with Gasteiger partial charge < -0.3 is 10.2 Å². The molecule has 1 N–H and O–H groups in total. The number of piperidine rings is 1. The molecule has 0 spiro atoms. The Labute approximate surface area is 159 Å². The molecule has 2 aliphatic rings. The maximum atomic E-state index is 4.52. The molecular formula is C22H36N4. The van der Waals surface area contributed by atoms with E-state index in [-0.39, 0.29) is 0 Å². The van der Waals surface area contributed by atoms with Gasteiger partial charge in [-0.2, -0.15) is 0 Å². The number of benzene rings is 1. The number of rotatable bonds is 4. The SMILES string of the molecule is CN=C(NCC1CCN(Cc2ccc(C)cc2)CC1)N1CCC(C)(C)C1. The van der Waals surface area contributed by atoms with E-state index in [0.717, 1.165) is 38.1 Å². The molecule has 1 aromatic carbocycles. The summed E-state index contributed by atoms with van der Waals surface area (Å²) in [7, 11) is 1.91. The van der Waals surface area contributed by atoms with E-state index in [1.807, 2.05) is 7.05 Å². The van der Waals surface area contributed by atoms with Gasteiger partial charge in [-0.3, -0.25) is 9.89 Å². The smallest absolute Gasteiger partial charge is 0.193 e. The molecule has 2 saturated heterocycles. The summed E-state index contributed by atoms with van der Waals surface area (Å²) in [6.45, 7) is 13.6. The normalized spacial score (nSPS) is 22.0. The van der Waals surface area contributed by atoms with Crippen LogP contribution in [0.1, 0.15) is 44.2 Å². The van der Waals surface area contributed by atoms with Crippen LogP contribution in [-0.2, 0) is 6.54 Å². The lowest BCUT2D eigenvalue weighted by Gasteiger charge is -2.33. The van der Waals surface area contributed by atoms with Crippen LogP contribution in [0, 0.1) is 18.3 Å². The van der Waals surface area contributed by atoms with Crippen molar-refractivity contribution in [3.05, 3.63) is 35.4 Å². The van der Waals surface area contributed by atoms with Gasteiger partial charge in [0.25, 0.3) is 0 Å². The first-order valence-corrected chi connectivity index (χ1v) is 10.2. The average Bonchev–Trinajstić information content (AvgIpc) is 2.99. The molecule has 4 nitrogen and oxygen atoms in total. The van der Waals surface area contributed by atoms with Crippen LogP contribution in [0.3, 0.4) is 0 Å². The molecule has 0 saturated carbocycles. The standard InChI is InChI=1S/C22H36N4/c1-18-5-7-20(8-6-18)16-25-12-9-19(10-13-25)15-24-21(23-4)26-14-11-22(2,3)17-26/h5-8,19H,9-17H2,1-4H3,(H,23,24). The Bertz CT molecular complexity index is 597. The second kappa shape index (κ2) is 8.43. The topological polar surface area (TPSA) is 30.9 Å². The van der Waals surface area contributed by atoms with E-state index in [4.69, 9.17) is 0 Å². The number of nitrogens with zero attached hydrogens (tertiary/aromatic N) is 3. The minimum atomic E-state index is 0.416. The molecule has 2 heterocycles. The zero-order chi connectivity index (χ0) is 18.6. The van der Waals surface area contributed by atoms with E-state index in [2.05, 4.69) is 65.1 Å². The Morgan fingerprint density at radius 2 is 1.85 bits per heavy atom. The van der Waals surface area contributed by atoms with Crippen LogP contribution in [0.4, 0.5) is 0 Å². The number of likely N-dealkylation sites (tertiary alicyclic amines) is 2. The van der Waals surface area contributed by atoms with E-state index in [0.29, 0.717) is 5.41 Å². The van der Waals surface area contributed by atoms with Crippen molar-refractivity contribution in [2.75, 3.05) is 39.8 Å². The summed E-state index contributed by atoms with van der Waals surface area (Å²) >= 11 is 0. The van der Waals surface area contributed by atoms with Crippen molar-refractivity contribution >= 4 is 5.96 Å². The summed E-state index contributed by atoms with van der Waals surface area (Å²) in [5.74, 6) is 1.86. The lowest BCUT2D eigenvalue weighted by Crippen LogP contribution is -2.44. The lowest BCUT2D eigenvalue weighted by atomic mass is 9.93. The number of guanidine groups is 1. The molecule has 144 valence electrons. The van der Waals surface area contributed by atoms with E-state index >= 15 is 0 Å². The fourth-order valence-electron chi connectivity index (χ4n) is 4.16. The summed E-state index contributed by atoms with van der Waals surface area (Å²) < 4.78 is 0. The largest absolute Gasteiger partial charge is 0.356 e. The van der Waals surface area contributed by atoms with Crippen LogP contribution in [0.5, 0.6) is 0 Å². The molecule has 0 radical (unpaired) electrons.